The molecule has 1 N–H and O–H groups in total. The molecule has 66 valence electrons. The van der Waals surface area contributed by atoms with Crippen LogP contribution in [-0.2, 0) is 0 Å². The van der Waals surface area contributed by atoms with E-state index in [2.05, 4.69) is 15.3 Å². The molecule has 1 aromatic rings. The summed E-state index contributed by atoms with van der Waals surface area (Å²) < 4.78 is 36.0. The zero-order chi connectivity index (χ0) is 9.19. The highest BCUT2D eigenvalue weighted by Crippen LogP contribution is 2.07. The van der Waals surface area contributed by atoms with Gasteiger partial charge in [-0.15, -0.1) is 0 Å². The molecule has 1 aromatic heterocycles. The van der Waals surface area contributed by atoms with Gasteiger partial charge in [-0.05, 0) is 0 Å². The van der Waals surface area contributed by atoms with Gasteiger partial charge in [-0.1, -0.05) is 5.46 Å². The minimum absolute atomic E-state index is 0.179. The molecule has 3 nitrogen and oxygen atoms in total. The van der Waals surface area contributed by atoms with Crippen LogP contribution in [0.15, 0.2) is 12.4 Å². The number of hydrogen-bond donors (Lipinski definition) is 1. The quantitative estimate of drug-likeness (QED) is 0.669. The van der Waals surface area contributed by atoms with E-state index < -0.39 is 12.4 Å². The summed E-state index contributed by atoms with van der Waals surface area (Å²) in [5, 5.41) is 2.52. The van der Waals surface area contributed by atoms with Crippen LogP contribution in [0.3, 0.4) is 0 Å². The summed E-state index contributed by atoms with van der Waals surface area (Å²) in [5.74, 6) is 0.179. The molecular formula is C5H6BF3N3-. The molecule has 7 heteroatoms. The van der Waals surface area contributed by atoms with Crippen LogP contribution < -0.4 is 10.8 Å². The summed E-state index contributed by atoms with van der Waals surface area (Å²) in [5.41, 5.74) is -0.783. The second-order valence-corrected chi connectivity index (χ2v) is 2.16. The van der Waals surface area contributed by atoms with Gasteiger partial charge < -0.3 is 18.3 Å². The van der Waals surface area contributed by atoms with Crippen LogP contribution in [0.5, 0.6) is 0 Å². The normalized spacial score (nSPS) is 11.3. The number of aromatic nitrogens is 2. The second-order valence-electron chi connectivity index (χ2n) is 2.16. The van der Waals surface area contributed by atoms with Gasteiger partial charge in [0.05, 0.1) is 0 Å². The highest BCUT2D eigenvalue weighted by molar-refractivity contribution is 6.73. The number of nitrogens with zero attached hydrogens (tertiary/aromatic N) is 2. The van der Waals surface area contributed by atoms with Crippen molar-refractivity contribution in [3.8, 4) is 0 Å². The topological polar surface area (TPSA) is 37.8 Å². The number of halogens is 3. The van der Waals surface area contributed by atoms with Crippen LogP contribution in [-0.4, -0.2) is 24.0 Å². The predicted octanol–water partition coefficient (Wildman–Crippen LogP) is 0.573. The first kappa shape index (κ1) is 8.83. The van der Waals surface area contributed by atoms with Crippen LogP contribution in [0.1, 0.15) is 0 Å². The monoisotopic (exact) mass is 176 g/mol. The molecule has 0 unspecified atom stereocenters. The van der Waals surface area contributed by atoms with Gasteiger partial charge >= 0.3 is 6.98 Å². The van der Waals surface area contributed by atoms with Gasteiger partial charge in [0, 0.05) is 19.4 Å². The van der Waals surface area contributed by atoms with Crippen molar-refractivity contribution in [2.45, 2.75) is 0 Å². The average Bonchev–Trinajstić information content (AvgIpc) is 2.03. The van der Waals surface area contributed by atoms with Gasteiger partial charge in [0.2, 0.25) is 5.95 Å². The van der Waals surface area contributed by atoms with Gasteiger partial charge in [0.15, 0.2) is 0 Å². The van der Waals surface area contributed by atoms with Crippen LogP contribution in [0, 0.1) is 0 Å². The molecule has 0 spiro atoms. The van der Waals surface area contributed by atoms with Crippen LogP contribution in [0.25, 0.3) is 0 Å². The van der Waals surface area contributed by atoms with E-state index in [1.807, 2.05) is 0 Å². The van der Waals surface area contributed by atoms with Gasteiger partial charge in [-0.2, -0.15) is 0 Å². The molecule has 0 atom stereocenters. The summed E-state index contributed by atoms with van der Waals surface area (Å²) in [6.45, 7) is -4.98. The standard InChI is InChI=1S/C5H6BF3N3/c1-10-5-11-2-4(3-12-5)6(7,8)9/h2-3H,1H3,(H,10,11,12)/q-1. The van der Waals surface area contributed by atoms with Crippen molar-refractivity contribution < 1.29 is 12.9 Å². The molecule has 0 fully saturated rings. The van der Waals surface area contributed by atoms with E-state index in [0.717, 1.165) is 12.4 Å². The first-order valence-corrected chi connectivity index (χ1v) is 3.23. The Bertz CT molecular complexity index is 258. The molecule has 12 heavy (non-hydrogen) atoms. The Morgan fingerprint density at radius 2 is 1.75 bits per heavy atom. The summed E-state index contributed by atoms with van der Waals surface area (Å²) >= 11 is 0. The van der Waals surface area contributed by atoms with E-state index in [-0.39, 0.29) is 5.95 Å². The van der Waals surface area contributed by atoms with Crippen molar-refractivity contribution in [1.29, 1.82) is 0 Å². The number of nitrogens with one attached hydrogen (secondary N) is 1. The minimum Gasteiger partial charge on any atom is -0.445 e. The molecule has 0 saturated heterocycles. The van der Waals surface area contributed by atoms with Crippen LogP contribution >= 0.6 is 0 Å². The fourth-order valence-electron chi connectivity index (χ4n) is 0.636. The van der Waals surface area contributed by atoms with Gasteiger partial charge in [0.25, 0.3) is 0 Å². The molecule has 0 amide bonds. The third-order valence-corrected chi connectivity index (χ3v) is 1.27. The molecule has 0 aromatic carbocycles. The van der Waals surface area contributed by atoms with Gasteiger partial charge in [0.1, 0.15) is 0 Å². The average molecular weight is 176 g/mol. The Morgan fingerprint density at radius 3 is 2.08 bits per heavy atom. The van der Waals surface area contributed by atoms with Crippen LogP contribution in [0.2, 0.25) is 0 Å². The maximum absolute atomic E-state index is 12.0. The second kappa shape index (κ2) is 3.00. The Morgan fingerprint density at radius 1 is 1.25 bits per heavy atom. The third kappa shape index (κ3) is 1.87. The van der Waals surface area contributed by atoms with E-state index in [0.29, 0.717) is 0 Å². The maximum atomic E-state index is 12.0. The van der Waals surface area contributed by atoms with E-state index in [9.17, 15) is 12.9 Å². The number of anilines is 1. The lowest BCUT2D eigenvalue weighted by atomic mass is 9.83. The van der Waals surface area contributed by atoms with Crippen molar-refractivity contribution in [3.63, 3.8) is 0 Å². The smallest absolute Gasteiger partial charge is 0.445 e. The van der Waals surface area contributed by atoms with Crippen molar-refractivity contribution >= 4 is 18.4 Å². The fourth-order valence-corrected chi connectivity index (χ4v) is 0.636. The van der Waals surface area contributed by atoms with E-state index in [1.165, 1.54) is 7.05 Å². The molecular weight excluding hydrogens is 170 g/mol. The van der Waals surface area contributed by atoms with Crippen LogP contribution in [0.4, 0.5) is 18.9 Å². The highest BCUT2D eigenvalue weighted by atomic mass is 19.4. The first-order chi connectivity index (χ1) is 5.54. The summed E-state index contributed by atoms with van der Waals surface area (Å²) in [6.07, 6.45) is 1.53. The third-order valence-electron chi connectivity index (χ3n) is 1.27. The highest BCUT2D eigenvalue weighted by Gasteiger charge is 2.26. The van der Waals surface area contributed by atoms with Crippen molar-refractivity contribution in [2.24, 2.45) is 0 Å². The molecule has 0 bridgehead atoms. The molecule has 1 heterocycles. The van der Waals surface area contributed by atoms with E-state index in [1.54, 1.807) is 0 Å². The van der Waals surface area contributed by atoms with Crippen molar-refractivity contribution in [2.75, 3.05) is 12.4 Å². The molecule has 0 aliphatic heterocycles. The minimum atomic E-state index is -4.98. The summed E-state index contributed by atoms with van der Waals surface area (Å²) in [7, 11) is 1.54. The maximum Gasteiger partial charge on any atom is 0.512 e. The summed E-state index contributed by atoms with van der Waals surface area (Å²) in [6, 6.07) is 0. The van der Waals surface area contributed by atoms with Crippen molar-refractivity contribution in [1.82, 2.24) is 9.97 Å². The fraction of sp³-hybridized carbons (Fsp3) is 0.200. The molecule has 0 radical (unpaired) electrons. The van der Waals surface area contributed by atoms with E-state index >= 15 is 0 Å². The Kier molecular flexibility index (Phi) is 2.21. The molecule has 1 rings (SSSR count). The zero-order valence-electron chi connectivity index (χ0n) is 6.26. The largest absolute Gasteiger partial charge is 0.512 e. The van der Waals surface area contributed by atoms with Crippen molar-refractivity contribution in [3.05, 3.63) is 12.4 Å². The first-order valence-electron chi connectivity index (χ1n) is 3.23. The van der Waals surface area contributed by atoms with Gasteiger partial charge in [-0.25, -0.2) is 9.97 Å². The summed E-state index contributed by atoms with van der Waals surface area (Å²) in [4.78, 5) is 6.87. The Labute approximate surface area is 67.1 Å². The Balaban J connectivity index is 2.93. The number of rotatable bonds is 2. The van der Waals surface area contributed by atoms with Gasteiger partial charge in [-0.3, -0.25) is 0 Å². The molecule has 0 aliphatic rings. The molecule has 0 saturated carbocycles. The molecule has 0 aliphatic carbocycles. The SMILES string of the molecule is CNc1ncc([B-](F)(F)F)cn1. The number of hydrogen-bond acceptors (Lipinski definition) is 3. The lowest BCUT2D eigenvalue weighted by molar-refractivity contribution is 0.500. The predicted molar refractivity (Wildman–Crippen MR) is 40.3 cm³/mol. The lowest BCUT2D eigenvalue weighted by Gasteiger charge is -2.13. The lowest BCUT2D eigenvalue weighted by Crippen LogP contribution is -2.34. The zero-order valence-corrected chi connectivity index (χ0v) is 6.26. The van der Waals surface area contributed by atoms with E-state index in [4.69, 9.17) is 0 Å². The Hall–Kier alpha value is -1.27.